The van der Waals surface area contributed by atoms with E-state index in [2.05, 4.69) is 37.9 Å². The van der Waals surface area contributed by atoms with Crippen molar-refractivity contribution in [1.82, 2.24) is 19.7 Å². The second-order valence-electron chi connectivity index (χ2n) is 3.62. The normalized spacial score (nSPS) is 10.7. The number of halogens is 1. The van der Waals surface area contributed by atoms with Crippen LogP contribution in [0.5, 0.6) is 0 Å². The molecule has 0 amide bonds. The fourth-order valence-corrected chi connectivity index (χ4v) is 1.83. The highest BCUT2D eigenvalue weighted by molar-refractivity contribution is 9.10. The molecule has 5 heteroatoms. The van der Waals surface area contributed by atoms with Crippen molar-refractivity contribution in [3.63, 3.8) is 0 Å². The molecular formula is C11H13BrN4. The van der Waals surface area contributed by atoms with Crippen LogP contribution in [0.1, 0.15) is 24.0 Å². The third kappa shape index (κ3) is 2.47. The molecule has 4 nitrogen and oxygen atoms in total. The summed E-state index contributed by atoms with van der Waals surface area (Å²) < 4.78 is 2.74. The quantitative estimate of drug-likeness (QED) is 0.865. The molecule has 0 fully saturated rings. The Morgan fingerprint density at radius 2 is 2.00 bits per heavy atom. The summed E-state index contributed by atoms with van der Waals surface area (Å²) in [5, 5.41) is 4.39. The minimum absolute atomic E-state index is 0.740. The predicted octanol–water partition coefficient (Wildman–Crippen LogP) is 2.13. The van der Waals surface area contributed by atoms with E-state index in [1.807, 2.05) is 17.9 Å². The van der Waals surface area contributed by atoms with Crippen LogP contribution in [-0.4, -0.2) is 19.7 Å². The van der Waals surface area contributed by atoms with Gasteiger partial charge in [-0.1, -0.05) is 6.92 Å². The molecule has 16 heavy (non-hydrogen) atoms. The van der Waals surface area contributed by atoms with Crippen LogP contribution in [0.25, 0.3) is 0 Å². The van der Waals surface area contributed by atoms with Crippen LogP contribution in [0, 0.1) is 0 Å². The first-order chi connectivity index (χ1) is 7.69. The summed E-state index contributed by atoms with van der Waals surface area (Å²) in [5.74, 6) is 0.825. The van der Waals surface area contributed by atoms with Gasteiger partial charge in [0, 0.05) is 37.6 Å². The van der Waals surface area contributed by atoms with Gasteiger partial charge in [0.05, 0.1) is 10.2 Å². The molecule has 0 N–H and O–H groups in total. The summed E-state index contributed by atoms with van der Waals surface area (Å²) in [4.78, 5) is 8.53. The molecule has 0 aliphatic heterocycles. The van der Waals surface area contributed by atoms with Crippen molar-refractivity contribution < 1.29 is 0 Å². The summed E-state index contributed by atoms with van der Waals surface area (Å²) in [5.41, 5.74) is 2.32. The fraction of sp³-hybridized carbons (Fsp3) is 0.364. The Labute approximate surface area is 103 Å². The van der Waals surface area contributed by atoms with Crippen molar-refractivity contribution in [1.29, 1.82) is 0 Å². The Morgan fingerprint density at radius 3 is 2.62 bits per heavy atom. The molecule has 0 aliphatic rings. The summed E-state index contributed by atoms with van der Waals surface area (Å²) >= 11 is 3.32. The van der Waals surface area contributed by atoms with E-state index < -0.39 is 0 Å². The van der Waals surface area contributed by atoms with Crippen molar-refractivity contribution in [3.8, 4) is 0 Å². The standard InChI is InChI=1S/C11H13BrN4/c1-3-10-8(7-16(2)15-10)4-11-13-5-9(12)6-14-11/h5-7H,3-4H2,1-2H3. The van der Waals surface area contributed by atoms with E-state index in [-0.39, 0.29) is 0 Å². The lowest BCUT2D eigenvalue weighted by atomic mass is 10.1. The molecule has 0 aromatic carbocycles. The predicted molar refractivity (Wildman–Crippen MR) is 65.1 cm³/mol. The first-order valence-corrected chi connectivity index (χ1v) is 5.96. The van der Waals surface area contributed by atoms with E-state index >= 15 is 0 Å². The van der Waals surface area contributed by atoms with Crippen LogP contribution in [0.4, 0.5) is 0 Å². The van der Waals surface area contributed by atoms with Gasteiger partial charge in [0.1, 0.15) is 5.82 Å². The van der Waals surface area contributed by atoms with Crippen LogP contribution >= 0.6 is 15.9 Å². The van der Waals surface area contributed by atoms with E-state index in [9.17, 15) is 0 Å². The lowest BCUT2D eigenvalue weighted by molar-refractivity contribution is 0.746. The highest BCUT2D eigenvalue weighted by atomic mass is 79.9. The van der Waals surface area contributed by atoms with Gasteiger partial charge in [-0.2, -0.15) is 5.10 Å². The number of hydrogen-bond donors (Lipinski definition) is 0. The molecule has 0 atom stereocenters. The second kappa shape index (κ2) is 4.74. The van der Waals surface area contributed by atoms with Crippen molar-refractivity contribution >= 4 is 15.9 Å². The van der Waals surface area contributed by atoms with Gasteiger partial charge in [0.2, 0.25) is 0 Å². The van der Waals surface area contributed by atoms with Crippen LogP contribution in [-0.2, 0) is 19.9 Å². The Morgan fingerprint density at radius 1 is 1.31 bits per heavy atom. The molecule has 0 saturated carbocycles. The van der Waals surface area contributed by atoms with Gasteiger partial charge in [-0.05, 0) is 22.4 Å². The first kappa shape index (κ1) is 11.3. The van der Waals surface area contributed by atoms with E-state index in [4.69, 9.17) is 0 Å². The van der Waals surface area contributed by atoms with Crippen LogP contribution in [0.3, 0.4) is 0 Å². The lowest BCUT2D eigenvalue weighted by Crippen LogP contribution is -1.97. The Bertz CT molecular complexity index is 475. The number of hydrogen-bond acceptors (Lipinski definition) is 3. The summed E-state index contributed by atoms with van der Waals surface area (Å²) in [7, 11) is 1.94. The molecule has 2 heterocycles. The lowest BCUT2D eigenvalue weighted by Gasteiger charge is -1.99. The van der Waals surface area contributed by atoms with Gasteiger partial charge in [-0.25, -0.2) is 9.97 Å². The maximum atomic E-state index is 4.39. The van der Waals surface area contributed by atoms with Gasteiger partial charge in [0.15, 0.2) is 0 Å². The zero-order valence-electron chi connectivity index (χ0n) is 9.31. The molecule has 2 aromatic heterocycles. The minimum atomic E-state index is 0.740. The number of nitrogens with zero attached hydrogens (tertiary/aromatic N) is 4. The monoisotopic (exact) mass is 280 g/mol. The largest absolute Gasteiger partial charge is 0.275 e. The SMILES string of the molecule is CCc1nn(C)cc1Cc1ncc(Br)cn1. The highest BCUT2D eigenvalue weighted by Crippen LogP contribution is 2.12. The number of rotatable bonds is 3. The fourth-order valence-electron chi connectivity index (χ4n) is 1.63. The van der Waals surface area contributed by atoms with Gasteiger partial charge >= 0.3 is 0 Å². The first-order valence-electron chi connectivity index (χ1n) is 5.17. The Hall–Kier alpha value is -1.23. The average molecular weight is 281 g/mol. The topological polar surface area (TPSA) is 43.6 Å². The van der Waals surface area contributed by atoms with Crippen molar-refractivity contribution in [2.75, 3.05) is 0 Å². The molecular weight excluding hydrogens is 268 g/mol. The maximum Gasteiger partial charge on any atom is 0.132 e. The van der Waals surface area contributed by atoms with E-state index in [1.54, 1.807) is 12.4 Å². The smallest absolute Gasteiger partial charge is 0.132 e. The summed E-state index contributed by atoms with van der Waals surface area (Å²) in [6.45, 7) is 2.11. The molecule has 2 rings (SSSR count). The third-order valence-corrected chi connectivity index (χ3v) is 2.76. The van der Waals surface area contributed by atoms with Crippen LogP contribution in [0.2, 0.25) is 0 Å². The van der Waals surface area contributed by atoms with E-state index in [1.165, 1.54) is 5.56 Å². The van der Waals surface area contributed by atoms with Crippen LogP contribution < -0.4 is 0 Å². The number of aryl methyl sites for hydroxylation is 2. The van der Waals surface area contributed by atoms with Gasteiger partial charge in [-0.15, -0.1) is 0 Å². The maximum absolute atomic E-state index is 4.39. The molecule has 0 radical (unpaired) electrons. The summed E-state index contributed by atoms with van der Waals surface area (Å²) in [6, 6.07) is 0. The summed E-state index contributed by atoms with van der Waals surface area (Å²) in [6.07, 6.45) is 7.25. The molecule has 0 saturated heterocycles. The van der Waals surface area contributed by atoms with Crippen molar-refractivity contribution in [2.45, 2.75) is 19.8 Å². The zero-order valence-corrected chi connectivity index (χ0v) is 10.9. The molecule has 0 aliphatic carbocycles. The molecule has 84 valence electrons. The van der Waals surface area contributed by atoms with Crippen molar-refractivity contribution in [3.05, 3.63) is 40.1 Å². The van der Waals surface area contributed by atoms with Crippen molar-refractivity contribution in [2.24, 2.45) is 7.05 Å². The molecule has 0 spiro atoms. The zero-order chi connectivity index (χ0) is 11.5. The van der Waals surface area contributed by atoms with Gasteiger partial charge in [0.25, 0.3) is 0 Å². The highest BCUT2D eigenvalue weighted by Gasteiger charge is 2.08. The average Bonchev–Trinajstić information content (AvgIpc) is 2.62. The molecule has 2 aromatic rings. The molecule has 0 unspecified atom stereocenters. The Kier molecular flexibility index (Phi) is 3.33. The number of aromatic nitrogens is 4. The van der Waals surface area contributed by atoms with Gasteiger partial charge < -0.3 is 0 Å². The minimum Gasteiger partial charge on any atom is -0.275 e. The second-order valence-corrected chi connectivity index (χ2v) is 4.54. The van der Waals surface area contributed by atoms with Crippen LogP contribution in [0.15, 0.2) is 23.1 Å². The van der Waals surface area contributed by atoms with E-state index in [0.717, 1.165) is 28.8 Å². The Balaban J connectivity index is 2.22. The molecule has 0 bridgehead atoms. The third-order valence-electron chi connectivity index (χ3n) is 2.35. The van der Waals surface area contributed by atoms with Gasteiger partial charge in [-0.3, -0.25) is 4.68 Å². The van der Waals surface area contributed by atoms with E-state index in [0.29, 0.717) is 0 Å².